The van der Waals surface area contributed by atoms with Crippen molar-refractivity contribution in [2.75, 3.05) is 0 Å². The molecule has 2 aliphatic rings. The number of halogens is 6. The first kappa shape index (κ1) is 11.5. The highest BCUT2D eigenvalue weighted by atomic mass is 19.4. The van der Waals surface area contributed by atoms with Crippen LogP contribution >= 0.6 is 0 Å². The van der Waals surface area contributed by atoms with Gasteiger partial charge in [-0.1, -0.05) is 12.2 Å². The zero-order chi connectivity index (χ0) is 12.1. The van der Waals surface area contributed by atoms with Crippen LogP contribution in [0, 0.1) is 0 Å². The molecular formula is C9H6F6O. The minimum atomic E-state index is -5.01. The zero-order valence-electron chi connectivity index (χ0n) is 7.69. The molecule has 0 amide bonds. The van der Waals surface area contributed by atoms with Crippen LogP contribution in [0.3, 0.4) is 0 Å². The Kier molecular flexibility index (Phi) is 2.34. The largest absolute Gasteiger partial charge is 0.415 e. The summed E-state index contributed by atoms with van der Waals surface area (Å²) in [5.41, 5.74) is -3.20. The van der Waals surface area contributed by atoms with Crippen molar-refractivity contribution in [2.45, 2.75) is 31.0 Å². The van der Waals surface area contributed by atoms with Gasteiger partial charge in [0.05, 0.1) is 17.3 Å². The van der Waals surface area contributed by atoms with E-state index < -0.39 is 35.7 Å². The normalized spacial score (nSPS) is 30.1. The van der Waals surface area contributed by atoms with E-state index in [0.29, 0.717) is 0 Å². The quantitative estimate of drug-likeness (QED) is 0.470. The highest BCUT2D eigenvalue weighted by molar-refractivity contribution is 5.39. The molecule has 0 fully saturated rings. The van der Waals surface area contributed by atoms with Crippen molar-refractivity contribution in [3.8, 4) is 0 Å². The van der Waals surface area contributed by atoms with Crippen molar-refractivity contribution in [3.63, 3.8) is 0 Å². The van der Waals surface area contributed by atoms with Gasteiger partial charge < -0.3 is 4.74 Å². The molecule has 7 heteroatoms. The lowest BCUT2D eigenvalue weighted by atomic mass is 10.0. The Morgan fingerprint density at radius 1 is 1.00 bits per heavy atom. The number of alkyl halides is 6. The van der Waals surface area contributed by atoms with Gasteiger partial charge in [-0.3, -0.25) is 0 Å². The second-order valence-corrected chi connectivity index (χ2v) is 3.53. The first-order valence-electron chi connectivity index (χ1n) is 4.42. The maximum atomic E-state index is 12.5. The van der Waals surface area contributed by atoms with Crippen LogP contribution in [-0.2, 0) is 4.74 Å². The van der Waals surface area contributed by atoms with Crippen LogP contribution in [0.15, 0.2) is 23.3 Å². The lowest BCUT2D eigenvalue weighted by Crippen LogP contribution is -2.25. The summed E-state index contributed by atoms with van der Waals surface area (Å²) < 4.78 is 79.7. The minimum Gasteiger partial charge on any atom is -0.361 e. The molecule has 0 aromatic heterocycles. The molecule has 2 rings (SSSR count). The molecule has 2 aliphatic heterocycles. The van der Waals surface area contributed by atoms with Gasteiger partial charge in [-0.15, -0.1) is 0 Å². The Morgan fingerprint density at radius 3 is 2.06 bits per heavy atom. The summed E-state index contributed by atoms with van der Waals surface area (Å²) in [5, 5.41) is 0. The van der Waals surface area contributed by atoms with Gasteiger partial charge in [-0.25, -0.2) is 0 Å². The zero-order valence-corrected chi connectivity index (χ0v) is 7.69. The van der Waals surface area contributed by atoms with Gasteiger partial charge >= 0.3 is 12.4 Å². The van der Waals surface area contributed by atoms with Gasteiger partial charge in [0.15, 0.2) is 0 Å². The van der Waals surface area contributed by atoms with Crippen molar-refractivity contribution in [2.24, 2.45) is 0 Å². The number of hydrogen-bond donors (Lipinski definition) is 0. The summed E-state index contributed by atoms with van der Waals surface area (Å²) in [6.07, 6.45) is -11.0. The molecule has 0 N–H and O–H groups in total. The smallest absolute Gasteiger partial charge is 0.361 e. The second-order valence-electron chi connectivity index (χ2n) is 3.53. The van der Waals surface area contributed by atoms with Gasteiger partial charge in [-0.05, 0) is 6.42 Å². The Morgan fingerprint density at radius 2 is 1.56 bits per heavy atom. The van der Waals surface area contributed by atoms with Gasteiger partial charge in [-0.2, -0.15) is 26.3 Å². The van der Waals surface area contributed by atoms with E-state index in [0.717, 1.165) is 6.08 Å². The summed E-state index contributed by atoms with van der Waals surface area (Å²) >= 11 is 0. The third-order valence-electron chi connectivity index (χ3n) is 2.48. The third-order valence-corrected chi connectivity index (χ3v) is 2.48. The van der Waals surface area contributed by atoms with Crippen LogP contribution in [-0.4, -0.2) is 24.6 Å². The summed E-state index contributed by atoms with van der Waals surface area (Å²) in [5.74, 6) is 0. The molecule has 16 heavy (non-hydrogen) atoms. The summed E-state index contributed by atoms with van der Waals surface area (Å²) in [4.78, 5) is 0. The number of ether oxygens (including phenoxy) is 1. The molecule has 0 aromatic rings. The van der Waals surface area contributed by atoms with Crippen molar-refractivity contribution in [1.29, 1.82) is 0 Å². The molecule has 2 unspecified atom stereocenters. The Balaban J connectivity index is 2.54. The first-order chi connectivity index (χ1) is 7.21. The lowest BCUT2D eigenvalue weighted by Gasteiger charge is -2.18. The van der Waals surface area contributed by atoms with Crippen LogP contribution in [0.25, 0.3) is 0 Å². The van der Waals surface area contributed by atoms with E-state index in [4.69, 9.17) is 0 Å². The number of rotatable bonds is 0. The van der Waals surface area contributed by atoms with E-state index in [2.05, 4.69) is 4.74 Å². The second kappa shape index (κ2) is 3.26. The summed E-state index contributed by atoms with van der Waals surface area (Å²) in [6, 6.07) is 0. The molecule has 2 atom stereocenters. The predicted molar refractivity (Wildman–Crippen MR) is 41.6 cm³/mol. The molecule has 0 aromatic carbocycles. The van der Waals surface area contributed by atoms with Crippen LogP contribution in [0.5, 0.6) is 0 Å². The molecule has 2 bridgehead atoms. The van der Waals surface area contributed by atoms with E-state index in [1.807, 2.05) is 0 Å². The van der Waals surface area contributed by atoms with E-state index in [1.54, 1.807) is 0 Å². The SMILES string of the molecule is FC(F)(F)C1=C(C(F)(F)F)C2CC=CC1O2. The topological polar surface area (TPSA) is 9.23 Å². The van der Waals surface area contributed by atoms with Gasteiger partial charge in [0, 0.05) is 0 Å². The fourth-order valence-electron chi connectivity index (χ4n) is 1.93. The summed E-state index contributed by atoms with van der Waals surface area (Å²) in [6.45, 7) is 0. The Labute approximate surface area is 86.4 Å². The average molecular weight is 244 g/mol. The molecule has 2 heterocycles. The minimum absolute atomic E-state index is 0.176. The van der Waals surface area contributed by atoms with Gasteiger partial charge in [0.25, 0.3) is 0 Å². The monoisotopic (exact) mass is 244 g/mol. The molecule has 0 spiro atoms. The van der Waals surface area contributed by atoms with E-state index in [9.17, 15) is 26.3 Å². The molecule has 0 saturated heterocycles. The van der Waals surface area contributed by atoms with Crippen molar-refractivity contribution < 1.29 is 31.1 Å². The molecule has 90 valence electrons. The summed E-state index contributed by atoms with van der Waals surface area (Å²) in [7, 11) is 0. The predicted octanol–water partition coefficient (Wildman–Crippen LogP) is 3.13. The maximum absolute atomic E-state index is 12.5. The van der Waals surface area contributed by atoms with Crippen molar-refractivity contribution in [3.05, 3.63) is 23.3 Å². The highest BCUT2D eigenvalue weighted by Gasteiger charge is 2.56. The van der Waals surface area contributed by atoms with Crippen molar-refractivity contribution in [1.82, 2.24) is 0 Å². The molecule has 1 nitrogen and oxygen atoms in total. The van der Waals surface area contributed by atoms with Gasteiger partial charge in [0.1, 0.15) is 6.10 Å². The first-order valence-corrected chi connectivity index (χ1v) is 4.42. The fraction of sp³-hybridized carbons (Fsp3) is 0.556. The average Bonchev–Trinajstić information content (AvgIpc) is 2.35. The van der Waals surface area contributed by atoms with E-state index in [1.165, 1.54) is 6.08 Å². The van der Waals surface area contributed by atoms with E-state index >= 15 is 0 Å². The van der Waals surface area contributed by atoms with Gasteiger partial charge in [0.2, 0.25) is 0 Å². The number of fused-ring (bicyclic) bond motifs is 2. The number of hydrogen-bond acceptors (Lipinski definition) is 1. The lowest BCUT2D eigenvalue weighted by molar-refractivity contribution is -0.115. The molecule has 0 radical (unpaired) electrons. The standard InChI is InChI=1S/C9H6F6O/c10-8(11,12)6-4-2-1-3-5(16-4)7(6)9(13,14)15/h1-2,4-5H,3H2. The van der Waals surface area contributed by atoms with Crippen LogP contribution in [0.4, 0.5) is 26.3 Å². The molecule has 0 aliphatic carbocycles. The third kappa shape index (κ3) is 1.73. The fourth-order valence-corrected chi connectivity index (χ4v) is 1.93. The Bertz CT molecular complexity index is 361. The van der Waals surface area contributed by atoms with Crippen molar-refractivity contribution >= 4 is 0 Å². The Hall–Kier alpha value is -0.980. The molecular weight excluding hydrogens is 238 g/mol. The maximum Gasteiger partial charge on any atom is 0.415 e. The van der Waals surface area contributed by atoms with E-state index in [-0.39, 0.29) is 6.42 Å². The van der Waals surface area contributed by atoms with Crippen LogP contribution in [0.1, 0.15) is 6.42 Å². The van der Waals surface area contributed by atoms with Crippen LogP contribution in [0.2, 0.25) is 0 Å². The molecule has 0 saturated carbocycles. The van der Waals surface area contributed by atoms with Crippen LogP contribution < -0.4 is 0 Å². The highest BCUT2D eigenvalue weighted by Crippen LogP contribution is 2.48.